The van der Waals surface area contributed by atoms with Crippen LogP contribution < -0.4 is 10.8 Å². The van der Waals surface area contributed by atoms with Gasteiger partial charge < -0.3 is 10.2 Å². The van der Waals surface area contributed by atoms with Gasteiger partial charge in [-0.2, -0.15) is 0 Å². The number of rotatable bonds is 3. The van der Waals surface area contributed by atoms with Gasteiger partial charge in [0, 0.05) is 37.5 Å². The summed E-state index contributed by atoms with van der Waals surface area (Å²) in [4.78, 5) is 20.2. The zero-order chi connectivity index (χ0) is 18.7. The highest BCUT2D eigenvalue weighted by molar-refractivity contribution is 6.30. The summed E-state index contributed by atoms with van der Waals surface area (Å²) in [5.74, 6) is 0. The van der Waals surface area contributed by atoms with E-state index in [1.807, 2.05) is 59.5 Å². The Kier molecular flexibility index (Phi) is 5.05. The molecule has 2 amide bonds. The summed E-state index contributed by atoms with van der Waals surface area (Å²) in [5.41, 5.74) is 5.78. The van der Waals surface area contributed by atoms with Crippen LogP contribution in [0.4, 0.5) is 4.79 Å². The molecular formula is C21H22ClN3O2. The smallest absolute Gasteiger partial charge is 0.317 e. The first-order valence-electron chi connectivity index (χ1n) is 9.13. The Morgan fingerprint density at radius 1 is 1.11 bits per heavy atom. The molecule has 2 N–H and O–H groups in total. The van der Waals surface area contributed by atoms with E-state index in [0.29, 0.717) is 24.7 Å². The number of carbonyl (C=O) groups is 1. The van der Waals surface area contributed by atoms with Crippen LogP contribution in [-0.4, -0.2) is 29.6 Å². The normalized spacial score (nSPS) is 18.1. The van der Waals surface area contributed by atoms with Gasteiger partial charge in [0.25, 0.3) is 0 Å². The van der Waals surface area contributed by atoms with Gasteiger partial charge in [0.15, 0.2) is 0 Å². The standard InChI is InChI=1S/C21H22ClN3O2/c22-18-8-6-17(7-9-18)19-14-21(27-24-19)10-12-25(13-11-21)20(26)23-15-16-4-2-1-3-5-16/h1-9,14,24H,10-13,15H2,(H,23,26). The molecule has 6 heteroatoms. The zero-order valence-electron chi connectivity index (χ0n) is 15.0. The van der Waals surface area contributed by atoms with Gasteiger partial charge in [-0.15, -0.1) is 0 Å². The second-order valence-electron chi connectivity index (χ2n) is 6.97. The van der Waals surface area contributed by atoms with Crippen molar-refractivity contribution in [1.29, 1.82) is 0 Å². The van der Waals surface area contributed by atoms with Gasteiger partial charge in [-0.25, -0.2) is 4.79 Å². The molecule has 0 unspecified atom stereocenters. The van der Waals surface area contributed by atoms with Crippen molar-refractivity contribution in [2.75, 3.05) is 13.1 Å². The van der Waals surface area contributed by atoms with Crippen LogP contribution in [0.1, 0.15) is 24.0 Å². The number of halogens is 1. The van der Waals surface area contributed by atoms with Gasteiger partial charge >= 0.3 is 6.03 Å². The molecule has 27 heavy (non-hydrogen) atoms. The van der Waals surface area contributed by atoms with Crippen molar-refractivity contribution in [2.45, 2.75) is 25.0 Å². The first kappa shape index (κ1) is 17.9. The average Bonchev–Trinajstić information content (AvgIpc) is 3.11. The molecular weight excluding hydrogens is 362 g/mol. The SMILES string of the molecule is O=C(NCc1ccccc1)N1CCC2(C=C(c3ccc(Cl)cc3)NO2)CC1. The molecule has 2 aliphatic rings. The maximum absolute atomic E-state index is 12.4. The van der Waals surface area contributed by atoms with Crippen molar-refractivity contribution >= 4 is 23.3 Å². The maximum Gasteiger partial charge on any atom is 0.317 e. The highest BCUT2D eigenvalue weighted by Crippen LogP contribution is 2.34. The van der Waals surface area contributed by atoms with Crippen molar-refractivity contribution in [1.82, 2.24) is 15.7 Å². The van der Waals surface area contributed by atoms with Crippen LogP contribution in [0.25, 0.3) is 5.70 Å². The molecule has 1 spiro atoms. The Hall–Kier alpha value is -2.50. The summed E-state index contributed by atoms with van der Waals surface area (Å²) >= 11 is 5.96. The molecule has 0 saturated carbocycles. The van der Waals surface area contributed by atoms with Gasteiger partial charge in [-0.3, -0.25) is 10.3 Å². The third kappa shape index (κ3) is 4.10. The van der Waals surface area contributed by atoms with E-state index < -0.39 is 0 Å². The first-order chi connectivity index (χ1) is 13.1. The van der Waals surface area contributed by atoms with Crippen molar-refractivity contribution in [2.24, 2.45) is 0 Å². The third-order valence-electron chi connectivity index (χ3n) is 5.11. The molecule has 0 atom stereocenters. The lowest BCUT2D eigenvalue weighted by molar-refractivity contribution is -0.0639. The molecule has 0 bridgehead atoms. The maximum atomic E-state index is 12.4. The summed E-state index contributed by atoms with van der Waals surface area (Å²) in [7, 11) is 0. The topological polar surface area (TPSA) is 53.6 Å². The largest absolute Gasteiger partial charge is 0.334 e. The molecule has 5 nitrogen and oxygen atoms in total. The van der Waals surface area contributed by atoms with Crippen LogP contribution in [0.15, 0.2) is 60.7 Å². The molecule has 140 valence electrons. The average molecular weight is 384 g/mol. The molecule has 2 aliphatic heterocycles. The van der Waals surface area contributed by atoms with Gasteiger partial charge in [-0.05, 0) is 29.3 Å². The lowest BCUT2D eigenvalue weighted by Gasteiger charge is -2.36. The van der Waals surface area contributed by atoms with Crippen molar-refractivity contribution in [3.8, 4) is 0 Å². The van der Waals surface area contributed by atoms with E-state index in [1.54, 1.807) is 0 Å². The Bertz CT molecular complexity index is 828. The number of nitrogens with zero attached hydrogens (tertiary/aromatic N) is 1. The predicted octanol–water partition coefficient (Wildman–Crippen LogP) is 3.96. The Balaban J connectivity index is 1.33. The third-order valence-corrected chi connectivity index (χ3v) is 5.36. The van der Waals surface area contributed by atoms with E-state index in [2.05, 4.69) is 16.9 Å². The second kappa shape index (κ2) is 7.62. The molecule has 1 saturated heterocycles. The van der Waals surface area contributed by atoms with Gasteiger partial charge in [0.1, 0.15) is 5.60 Å². The summed E-state index contributed by atoms with van der Waals surface area (Å²) in [6.07, 6.45) is 3.65. The minimum Gasteiger partial charge on any atom is -0.334 e. The van der Waals surface area contributed by atoms with Crippen LogP contribution in [0.5, 0.6) is 0 Å². The van der Waals surface area contributed by atoms with Crippen molar-refractivity contribution < 1.29 is 9.63 Å². The highest BCUT2D eigenvalue weighted by Gasteiger charge is 2.39. The summed E-state index contributed by atoms with van der Waals surface area (Å²) in [6.45, 7) is 1.86. The lowest BCUT2D eigenvalue weighted by atomic mass is 9.90. The number of piperidine rings is 1. The molecule has 2 aromatic rings. The number of benzene rings is 2. The molecule has 2 heterocycles. The van der Waals surface area contributed by atoms with E-state index in [9.17, 15) is 4.79 Å². The van der Waals surface area contributed by atoms with Crippen LogP contribution in [0.2, 0.25) is 5.02 Å². The van der Waals surface area contributed by atoms with E-state index in [1.165, 1.54) is 0 Å². The number of carbonyl (C=O) groups excluding carboxylic acids is 1. The number of hydroxylamine groups is 1. The minimum atomic E-state index is -0.356. The van der Waals surface area contributed by atoms with Crippen LogP contribution in [0.3, 0.4) is 0 Å². The van der Waals surface area contributed by atoms with E-state index in [0.717, 1.165) is 29.7 Å². The number of hydrogen-bond donors (Lipinski definition) is 2. The minimum absolute atomic E-state index is 0.0263. The van der Waals surface area contributed by atoms with Crippen molar-refractivity contribution in [3.05, 3.63) is 76.8 Å². The Morgan fingerprint density at radius 3 is 2.52 bits per heavy atom. The molecule has 0 radical (unpaired) electrons. The fourth-order valence-electron chi connectivity index (χ4n) is 3.47. The Labute approximate surface area is 163 Å². The molecule has 0 aliphatic carbocycles. The second-order valence-corrected chi connectivity index (χ2v) is 7.40. The molecule has 1 fully saturated rings. The number of nitrogens with one attached hydrogen (secondary N) is 2. The predicted molar refractivity (Wildman–Crippen MR) is 106 cm³/mol. The van der Waals surface area contributed by atoms with Crippen LogP contribution in [-0.2, 0) is 11.4 Å². The van der Waals surface area contributed by atoms with E-state index in [-0.39, 0.29) is 11.6 Å². The molecule has 4 rings (SSSR count). The number of likely N-dealkylation sites (tertiary alicyclic amines) is 1. The fourth-order valence-corrected chi connectivity index (χ4v) is 3.60. The zero-order valence-corrected chi connectivity index (χ0v) is 15.7. The van der Waals surface area contributed by atoms with Crippen molar-refractivity contribution in [3.63, 3.8) is 0 Å². The quantitative estimate of drug-likeness (QED) is 0.843. The summed E-state index contributed by atoms with van der Waals surface area (Å²) in [5, 5.41) is 3.70. The van der Waals surface area contributed by atoms with E-state index >= 15 is 0 Å². The summed E-state index contributed by atoms with van der Waals surface area (Å²) < 4.78 is 0. The number of hydrogen-bond acceptors (Lipinski definition) is 3. The monoisotopic (exact) mass is 383 g/mol. The van der Waals surface area contributed by atoms with Gasteiger partial charge in [0.2, 0.25) is 0 Å². The van der Waals surface area contributed by atoms with Gasteiger partial charge in [0.05, 0.1) is 5.70 Å². The number of amides is 2. The Morgan fingerprint density at radius 2 is 1.81 bits per heavy atom. The number of urea groups is 1. The van der Waals surface area contributed by atoms with Crippen LogP contribution in [0, 0.1) is 0 Å². The lowest BCUT2D eigenvalue weighted by Crippen LogP contribution is -2.49. The molecule has 2 aromatic carbocycles. The van der Waals surface area contributed by atoms with E-state index in [4.69, 9.17) is 16.4 Å². The summed E-state index contributed by atoms with van der Waals surface area (Å²) in [6, 6.07) is 17.6. The molecule has 0 aromatic heterocycles. The highest BCUT2D eigenvalue weighted by atomic mass is 35.5. The van der Waals surface area contributed by atoms with Gasteiger partial charge in [-0.1, -0.05) is 54.1 Å². The fraction of sp³-hybridized carbons (Fsp3) is 0.286. The first-order valence-corrected chi connectivity index (χ1v) is 9.51. The van der Waals surface area contributed by atoms with Crippen LogP contribution >= 0.6 is 11.6 Å².